The van der Waals surface area contributed by atoms with Crippen LogP contribution in [0.15, 0.2) is 30.8 Å². The summed E-state index contributed by atoms with van der Waals surface area (Å²) in [7, 11) is 0. The number of hydrogen-bond acceptors (Lipinski definition) is 3. The molecule has 4 nitrogen and oxygen atoms in total. The third-order valence-corrected chi connectivity index (χ3v) is 2.42. The number of H-pyrrole nitrogens is 1. The van der Waals surface area contributed by atoms with Crippen molar-refractivity contribution in [3.8, 4) is 11.4 Å². The average Bonchev–Trinajstić information content (AvgIpc) is 2.82. The van der Waals surface area contributed by atoms with Gasteiger partial charge in [0.05, 0.1) is 17.6 Å². The third-order valence-electron chi connectivity index (χ3n) is 2.42. The van der Waals surface area contributed by atoms with Gasteiger partial charge in [-0.25, -0.2) is 0 Å². The van der Waals surface area contributed by atoms with Crippen LogP contribution in [0.2, 0.25) is 0 Å². The van der Waals surface area contributed by atoms with Crippen molar-refractivity contribution in [2.75, 3.05) is 0 Å². The molecule has 0 amide bonds. The molecule has 1 aliphatic heterocycles. The molecule has 0 fully saturated rings. The summed E-state index contributed by atoms with van der Waals surface area (Å²) >= 11 is 0. The fraction of sp³-hybridized carbons (Fsp3) is 0.0909. The van der Waals surface area contributed by atoms with E-state index in [1.807, 2.05) is 18.2 Å². The van der Waals surface area contributed by atoms with Gasteiger partial charge in [0.2, 0.25) is 0 Å². The predicted octanol–water partition coefficient (Wildman–Crippen LogP) is 1.97. The molecule has 2 aromatic rings. The number of rotatable bonds is 1. The second-order valence-electron chi connectivity index (χ2n) is 3.31. The fourth-order valence-electron chi connectivity index (χ4n) is 1.69. The van der Waals surface area contributed by atoms with Gasteiger partial charge in [-0.1, -0.05) is 0 Å². The van der Waals surface area contributed by atoms with Crippen molar-refractivity contribution >= 4 is 6.08 Å². The Morgan fingerprint density at radius 3 is 3.13 bits per heavy atom. The van der Waals surface area contributed by atoms with Crippen molar-refractivity contribution in [1.29, 1.82) is 0 Å². The Balaban J connectivity index is 2.21. The molecule has 0 saturated heterocycles. The van der Waals surface area contributed by atoms with Crippen molar-refractivity contribution in [1.82, 2.24) is 15.2 Å². The van der Waals surface area contributed by atoms with E-state index >= 15 is 0 Å². The second kappa shape index (κ2) is 3.24. The summed E-state index contributed by atoms with van der Waals surface area (Å²) in [4.78, 5) is 4.35. The zero-order valence-corrected chi connectivity index (χ0v) is 7.97. The van der Waals surface area contributed by atoms with Crippen LogP contribution in [0.5, 0.6) is 0 Å². The van der Waals surface area contributed by atoms with E-state index in [-0.39, 0.29) is 0 Å². The van der Waals surface area contributed by atoms with Crippen LogP contribution in [0.3, 0.4) is 0 Å². The molecule has 0 unspecified atom stereocenters. The van der Waals surface area contributed by atoms with E-state index in [4.69, 9.17) is 4.74 Å². The first-order valence-corrected chi connectivity index (χ1v) is 4.71. The van der Waals surface area contributed by atoms with E-state index in [1.54, 1.807) is 18.7 Å². The van der Waals surface area contributed by atoms with Crippen LogP contribution in [-0.2, 0) is 11.3 Å². The van der Waals surface area contributed by atoms with Gasteiger partial charge in [-0.3, -0.25) is 10.1 Å². The lowest BCUT2D eigenvalue weighted by molar-refractivity contribution is 0.234. The Hall–Kier alpha value is -2.10. The Bertz CT molecular complexity index is 503. The molecule has 1 N–H and O–H groups in total. The molecule has 3 rings (SSSR count). The van der Waals surface area contributed by atoms with Gasteiger partial charge in [0.15, 0.2) is 0 Å². The van der Waals surface area contributed by atoms with E-state index in [1.165, 1.54) is 0 Å². The first-order valence-electron chi connectivity index (χ1n) is 4.71. The molecule has 0 atom stereocenters. The van der Waals surface area contributed by atoms with Gasteiger partial charge >= 0.3 is 0 Å². The minimum absolute atomic E-state index is 0.564. The summed E-state index contributed by atoms with van der Waals surface area (Å²) in [5.74, 6) is 0. The lowest BCUT2D eigenvalue weighted by Crippen LogP contribution is -2.01. The molecule has 0 saturated carbocycles. The number of aromatic nitrogens is 3. The zero-order valence-electron chi connectivity index (χ0n) is 7.97. The van der Waals surface area contributed by atoms with E-state index in [9.17, 15) is 0 Å². The Morgan fingerprint density at radius 2 is 2.27 bits per heavy atom. The summed E-state index contributed by atoms with van der Waals surface area (Å²) in [6, 6.07) is 3.88. The van der Waals surface area contributed by atoms with Crippen LogP contribution in [0.1, 0.15) is 11.1 Å². The molecule has 0 aliphatic carbocycles. The van der Waals surface area contributed by atoms with Gasteiger partial charge in [0, 0.05) is 18.0 Å². The topological polar surface area (TPSA) is 50.8 Å². The maximum Gasteiger partial charge on any atom is 0.115 e. The number of hydrogen-bond donors (Lipinski definition) is 1. The van der Waals surface area contributed by atoms with Gasteiger partial charge in [-0.15, -0.1) is 0 Å². The zero-order chi connectivity index (χ0) is 10.1. The number of ether oxygens (including phenoxy) is 1. The van der Waals surface area contributed by atoms with E-state index in [0.29, 0.717) is 6.61 Å². The summed E-state index contributed by atoms with van der Waals surface area (Å²) in [5.41, 5.74) is 4.09. The van der Waals surface area contributed by atoms with Crippen molar-refractivity contribution in [2.24, 2.45) is 0 Å². The Labute approximate surface area is 86.6 Å². The molecule has 4 heteroatoms. The SMILES string of the molecule is C1=Cc2ccnc(-c3ccn[nH]3)c2CO1. The van der Waals surface area contributed by atoms with Crippen LogP contribution >= 0.6 is 0 Å². The van der Waals surface area contributed by atoms with E-state index in [0.717, 1.165) is 22.5 Å². The highest BCUT2D eigenvalue weighted by Crippen LogP contribution is 2.26. The molecule has 15 heavy (non-hydrogen) atoms. The monoisotopic (exact) mass is 199 g/mol. The van der Waals surface area contributed by atoms with E-state index in [2.05, 4.69) is 15.2 Å². The molecule has 1 aliphatic rings. The highest BCUT2D eigenvalue weighted by atomic mass is 16.5. The van der Waals surface area contributed by atoms with Gasteiger partial charge < -0.3 is 4.74 Å². The quantitative estimate of drug-likeness (QED) is 0.763. The maximum absolute atomic E-state index is 5.28. The van der Waals surface area contributed by atoms with E-state index < -0.39 is 0 Å². The molecule has 0 bridgehead atoms. The maximum atomic E-state index is 5.28. The summed E-state index contributed by atoms with van der Waals surface area (Å²) in [5, 5.41) is 6.84. The summed E-state index contributed by atoms with van der Waals surface area (Å²) in [6.45, 7) is 0.564. The fourth-order valence-corrected chi connectivity index (χ4v) is 1.69. The minimum Gasteiger partial charge on any atom is -0.496 e. The molecule has 0 spiro atoms. The number of nitrogens with one attached hydrogen (secondary N) is 1. The van der Waals surface area contributed by atoms with Gasteiger partial charge in [0.1, 0.15) is 6.61 Å². The number of pyridine rings is 1. The first-order chi connectivity index (χ1) is 7.45. The molecule has 2 aromatic heterocycles. The lowest BCUT2D eigenvalue weighted by Gasteiger charge is -2.13. The second-order valence-corrected chi connectivity index (χ2v) is 3.31. The molecular weight excluding hydrogens is 190 g/mol. The Kier molecular flexibility index (Phi) is 1.78. The van der Waals surface area contributed by atoms with Crippen LogP contribution < -0.4 is 0 Å². The molecule has 0 aromatic carbocycles. The van der Waals surface area contributed by atoms with Gasteiger partial charge in [-0.2, -0.15) is 5.10 Å². The van der Waals surface area contributed by atoms with Crippen LogP contribution in [-0.4, -0.2) is 15.2 Å². The van der Waals surface area contributed by atoms with Gasteiger partial charge in [-0.05, 0) is 23.8 Å². The first kappa shape index (κ1) is 8.23. The predicted molar refractivity (Wildman–Crippen MR) is 55.6 cm³/mol. The number of aromatic amines is 1. The molecule has 3 heterocycles. The largest absolute Gasteiger partial charge is 0.496 e. The van der Waals surface area contributed by atoms with Crippen LogP contribution in [0.4, 0.5) is 0 Å². The van der Waals surface area contributed by atoms with Crippen molar-refractivity contribution in [2.45, 2.75) is 6.61 Å². The number of fused-ring (bicyclic) bond motifs is 1. The highest BCUT2D eigenvalue weighted by Gasteiger charge is 2.13. The van der Waals surface area contributed by atoms with Crippen molar-refractivity contribution in [3.63, 3.8) is 0 Å². The number of nitrogens with zero attached hydrogens (tertiary/aromatic N) is 2. The summed E-state index contributed by atoms with van der Waals surface area (Å²) in [6.07, 6.45) is 7.17. The molecule has 74 valence electrons. The normalized spacial score (nSPS) is 13.3. The lowest BCUT2D eigenvalue weighted by atomic mass is 10.0. The average molecular weight is 199 g/mol. The standard InChI is InChI=1S/C11H9N3O/c1-4-12-11(10-2-5-13-14-10)9-7-15-6-3-8(1)9/h1-6H,7H2,(H,13,14). The molecular formula is C11H9N3O. The Morgan fingerprint density at radius 1 is 1.27 bits per heavy atom. The third kappa shape index (κ3) is 1.30. The van der Waals surface area contributed by atoms with Crippen LogP contribution in [0.25, 0.3) is 17.5 Å². The highest BCUT2D eigenvalue weighted by molar-refractivity contribution is 5.66. The van der Waals surface area contributed by atoms with Crippen molar-refractivity contribution < 1.29 is 4.74 Å². The smallest absolute Gasteiger partial charge is 0.115 e. The summed E-state index contributed by atoms with van der Waals surface area (Å²) < 4.78 is 5.28. The van der Waals surface area contributed by atoms with Crippen LogP contribution in [0, 0.1) is 0 Å². The minimum atomic E-state index is 0.564. The van der Waals surface area contributed by atoms with Gasteiger partial charge in [0.25, 0.3) is 0 Å². The molecule has 0 radical (unpaired) electrons. The van der Waals surface area contributed by atoms with Crippen molar-refractivity contribution in [3.05, 3.63) is 41.9 Å².